The Morgan fingerprint density at radius 2 is 1.88 bits per heavy atom. The van der Waals surface area contributed by atoms with E-state index in [4.69, 9.17) is 0 Å². The molecule has 0 atom stereocenters. The lowest BCUT2D eigenvalue weighted by molar-refractivity contribution is 0.0974. The van der Waals surface area contributed by atoms with Crippen molar-refractivity contribution < 1.29 is 4.79 Å². The summed E-state index contributed by atoms with van der Waals surface area (Å²) in [6, 6.07) is 4.01. The molecule has 88 valence electrons. The predicted octanol–water partition coefficient (Wildman–Crippen LogP) is 4.68. The summed E-state index contributed by atoms with van der Waals surface area (Å²) in [4.78, 5) is 12.0. The van der Waals surface area contributed by atoms with Crippen molar-refractivity contribution in [2.24, 2.45) is 5.92 Å². The number of carbonyl (C=O) groups is 1. The lowest BCUT2D eigenvalue weighted by Crippen LogP contribution is -2.04. The maximum absolute atomic E-state index is 12.0. The molecule has 0 saturated heterocycles. The highest BCUT2D eigenvalue weighted by atomic mass is 79.9. The van der Waals surface area contributed by atoms with E-state index >= 15 is 0 Å². The number of Topliss-reactive ketones (excluding diaryl/α,β-unsaturated/α-hetero) is 1. The number of hydrogen-bond acceptors (Lipinski definition) is 1. The smallest absolute Gasteiger partial charge is 0.163 e. The van der Waals surface area contributed by atoms with Crippen LogP contribution in [-0.4, -0.2) is 5.78 Å². The molecule has 0 unspecified atom stereocenters. The van der Waals surface area contributed by atoms with Crippen LogP contribution in [0, 0.1) is 19.8 Å². The van der Waals surface area contributed by atoms with Gasteiger partial charge in [-0.25, -0.2) is 0 Å². The van der Waals surface area contributed by atoms with E-state index in [0.29, 0.717) is 12.3 Å². The maximum Gasteiger partial charge on any atom is 0.163 e. The van der Waals surface area contributed by atoms with Crippen molar-refractivity contribution >= 4 is 21.7 Å². The van der Waals surface area contributed by atoms with Gasteiger partial charge in [0.05, 0.1) is 0 Å². The lowest BCUT2D eigenvalue weighted by atomic mass is 9.97. The first-order valence-corrected chi connectivity index (χ1v) is 6.51. The maximum atomic E-state index is 12.0. The third kappa shape index (κ3) is 3.44. The Morgan fingerprint density at radius 3 is 2.44 bits per heavy atom. The third-order valence-corrected chi connectivity index (χ3v) is 3.61. The highest BCUT2D eigenvalue weighted by Gasteiger charge is 2.11. The van der Waals surface area contributed by atoms with Crippen molar-refractivity contribution in [3.63, 3.8) is 0 Å². The molecule has 0 heterocycles. The van der Waals surface area contributed by atoms with E-state index in [2.05, 4.69) is 29.8 Å². The molecule has 16 heavy (non-hydrogen) atoms. The van der Waals surface area contributed by atoms with E-state index in [1.807, 2.05) is 26.0 Å². The Balaban J connectivity index is 2.87. The van der Waals surface area contributed by atoms with Gasteiger partial charge in [0, 0.05) is 16.5 Å². The normalized spacial score (nSPS) is 10.9. The molecule has 0 saturated carbocycles. The first-order valence-electron chi connectivity index (χ1n) is 5.71. The minimum absolute atomic E-state index is 0.266. The highest BCUT2D eigenvalue weighted by molar-refractivity contribution is 9.10. The van der Waals surface area contributed by atoms with Gasteiger partial charge in [-0.15, -0.1) is 0 Å². The van der Waals surface area contributed by atoms with E-state index in [-0.39, 0.29) is 5.78 Å². The average Bonchev–Trinajstić information content (AvgIpc) is 2.20. The molecule has 0 amide bonds. The van der Waals surface area contributed by atoms with Gasteiger partial charge in [0.2, 0.25) is 0 Å². The Kier molecular flexibility index (Phi) is 4.72. The number of ketones is 1. The van der Waals surface area contributed by atoms with Crippen molar-refractivity contribution in [1.29, 1.82) is 0 Å². The van der Waals surface area contributed by atoms with Crippen LogP contribution < -0.4 is 0 Å². The molecule has 2 heteroatoms. The Labute approximate surface area is 106 Å². The van der Waals surface area contributed by atoms with Crippen LogP contribution in [0.5, 0.6) is 0 Å². The minimum Gasteiger partial charge on any atom is -0.294 e. The van der Waals surface area contributed by atoms with Crippen molar-refractivity contribution in [3.05, 3.63) is 33.3 Å². The molecule has 1 nitrogen and oxygen atoms in total. The fourth-order valence-corrected chi connectivity index (χ4v) is 2.09. The number of halogens is 1. The van der Waals surface area contributed by atoms with Crippen molar-refractivity contribution in [3.8, 4) is 0 Å². The number of rotatable bonds is 4. The molecule has 0 bridgehead atoms. The van der Waals surface area contributed by atoms with Crippen molar-refractivity contribution in [1.82, 2.24) is 0 Å². The zero-order chi connectivity index (χ0) is 12.3. The quantitative estimate of drug-likeness (QED) is 0.733. The summed E-state index contributed by atoms with van der Waals surface area (Å²) in [5, 5.41) is 0. The first kappa shape index (κ1) is 13.4. The summed E-state index contributed by atoms with van der Waals surface area (Å²) >= 11 is 3.48. The van der Waals surface area contributed by atoms with E-state index in [1.165, 1.54) is 0 Å². The summed E-state index contributed by atoms with van der Waals surface area (Å²) in [5.41, 5.74) is 3.06. The third-order valence-electron chi connectivity index (χ3n) is 2.75. The van der Waals surface area contributed by atoms with Crippen LogP contribution in [0.4, 0.5) is 0 Å². The van der Waals surface area contributed by atoms with Crippen LogP contribution in [0.3, 0.4) is 0 Å². The van der Waals surface area contributed by atoms with Crippen LogP contribution in [0.25, 0.3) is 0 Å². The van der Waals surface area contributed by atoms with Crippen molar-refractivity contribution in [2.75, 3.05) is 0 Å². The SMILES string of the molecule is Cc1cc(C(=O)CCC(C)C)c(C)cc1Br. The molecule has 0 fully saturated rings. The zero-order valence-corrected chi connectivity index (χ0v) is 12.0. The Bertz CT molecular complexity index is 394. The second-order valence-corrected chi connectivity index (χ2v) is 5.63. The summed E-state index contributed by atoms with van der Waals surface area (Å²) in [5.74, 6) is 0.850. The van der Waals surface area contributed by atoms with Gasteiger partial charge >= 0.3 is 0 Å². The largest absolute Gasteiger partial charge is 0.294 e. The standard InChI is InChI=1S/C14H19BrO/c1-9(2)5-6-14(16)12-7-11(4)13(15)8-10(12)3/h7-9H,5-6H2,1-4H3. The fourth-order valence-electron chi connectivity index (χ4n) is 1.64. The van der Waals surface area contributed by atoms with Gasteiger partial charge in [0.15, 0.2) is 5.78 Å². The van der Waals surface area contributed by atoms with E-state index in [0.717, 1.165) is 27.6 Å². The molecule has 0 aromatic heterocycles. The average molecular weight is 283 g/mol. The van der Waals surface area contributed by atoms with Gasteiger partial charge in [0.25, 0.3) is 0 Å². The zero-order valence-electron chi connectivity index (χ0n) is 10.4. The second-order valence-electron chi connectivity index (χ2n) is 4.77. The summed E-state index contributed by atoms with van der Waals surface area (Å²) in [6.45, 7) is 8.30. The van der Waals surface area contributed by atoms with Gasteiger partial charge in [-0.3, -0.25) is 4.79 Å². The van der Waals surface area contributed by atoms with Crippen LogP contribution in [-0.2, 0) is 0 Å². The molecule has 1 aromatic carbocycles. The number of carbonyl (C=O) groups excluding carboxylic acids is 1. The molecule has 1 aromatic rings. The molecule has 0 N–H and O–H groups in total. The number of hydrogen-bond donors (Lipinski definition) is 0. The van der Waals surface area contributed by atoms with Crippen LogP contribution in [0.15, 0.2) is 16.6 Å². The van der Waals surface area contributed by atoms with Gasteiger partial charge in [0.1, 0.15) is 0 Å². The molecular formula is C14H19BrO. The molecule has 0 spiro atoms. The monoisotopic (exact) mass is 282 g/mol. The topological polar surface area (TPSA) is 17.1 Å². The van der Waals surface area contributed by atoms with E-state index < -0.39 is 0 Å². The summed E-state index contributed by atoms with van der Waals surface area (Å²) in [6.07, 6.45) is 1.62. The first-order chi connectivity index (χ1) is 7.41. The summed E-state index contributed by atoms with van der Waals surface area (Å²) < 4.78 is 1.07. The van der Waals surface area contributed by atoms with Crippen LogP contribution >= 0.6 is 15.9 Å². The van der Waals surface area contributed by atoms with Crippen LogP contribution in [0.2, 0.25) is 0 Å². The fraction of sp³-hybridized carbons (Fsp3) is 0.500. The predicted molar refractivity (Wildman–Crippen MR) is 72.0 cm³/mol. The van der Waals surface area contributed by atoms with Crippen LogP contribution in [0.1, 0.15) is 48.2 Å². The van der Waals surface area contributed by atoms with Gasteiger partial charge in [-0.05, 0) is 49.4 Å². The highest BCUT2D eigenvalue weighted by Crippen LogP contribution is 2.22. The van der Waals surface area contributed by atoms with E-state index in [9.17, 15) is 4.79 Å². The lowest BCUT2D eigenvalue weighted by Gasteiger charge is -2.09. The second kappa shape index (κ2) is 5.62. The number of aryl methyl sites for hydroxylation is 2. The molecule has 0 aliphatic carbocycles. The molecule has 0 aliphatic rings. The van der Waals surface area contributed by atoms with Gasteiger partial charge in [-0.1, -0.05) is 29.8 Å². The Morgan fingerprint density at radius 1 is 1.25 bits per heavy atom. The van der Waals surface area contributed by atoms with Gasteiger partial charge < -0.3 is 0 Å². The summed E-state index contributed by atoms with van der Waals surface area (Å²) in [7, 11) is 0. The minimum atomic E-state index is 0.266. The molecular weight excluding hydrogens is 264 g/mol. The molecule has 0 aliphatic heterocycles. The molecule has 0 radical (unpaired) electrons. The van der Waals surface area contributed by atoms with Gasteiger partial charge in [-0.2, -0.15) is 0 Å². The molecule has 1 rings (SSSR count). The van der Waals surface area contributed by atoms with Crippen molar-refractivity contribution in [2.45, 2.75) is 40.5 Å². The van der Waals surface area contributed by atoms with E-state index in [1.54, 1.807) is 0 Å². The Hall–Kier alpha value is -0.630. The number of benzene rings is 1.